The molecule has 1 saturated heterocycles. The Morgan fingerprint density at radius 1 is 0.975 bits per heavy atom. The first-order chi connectivity index (χ1) is 19.6. The van der Waals surface area contributed by atoms with Crippen molar-refractivity contribution in [3.63, 3.8) is 0 Å². The molecule has 3 heterocycles. The Morgan fingerprint density at radius 3 is 2.65 bits per heavy atom. The molecule has 0 unspecified atom stereocenters. The quantitative estimate of drug-likeness (QED) is 0.400. The van der Waals surface area contributed by atoms with E-state index in [1.54, 1.807) is 30.2 Å². The van der Waals surface area contributed by atoms with E-state index in [4.69, 9.17) is 14.2 Å². The Balaban J connectivity index is 1.21. The molecular formula is C30H35N5O5. The summed E-state index contributed by atoms with van der Waals surface area (Å²) >= 11 is 0. The van der Waals surface area contributed by atoms with Gasteiger partial charge in [-0.3, -0.25) is 9.59 Å². The third-order valence-corrected chi connectivity index (χ3v) is 7.20. The van der Waals surface area contributed by atoms with Crippen LogP contribution in [0, 0.1) is 0 Å². The third kappa shape index (κ3) is 6.27. The standard InChI is InChI=1S/C30H35N5O5/c1-3-4-13-35(30(37)23-9-11-26-27(19-23)40-21-39-26)20-29(36)34-15-6-14-33(16-17-34)28-12-10-25(31-32-28)22-7-5-8-24(18-22)38-2/h5,7-12,18-19H,3-4,6,13-17,20-21H2,1-2H3. The van der Waals surface area contributed by atoms with Crippen molar-refractivity contribution in [2.24, 2.45) is 0 Å². The largest absolute Gasteiger partial charge is 0.497 e. The number of carbonyl (C=O) groups excluding carboxylic acids is 2. The fourth-order valence-electron chi connectivity index (χ4n) is 4.90. The first-order valence-electron chi connectivity index (χ1n) is 13.8. The minimum Gasteiger partial charge on any atom is -0.497 e. The molecule has 10 nitrogen and oxygen atoms in total. The second kappa shape index (κ2) is 12.7. The predicted octanol–water partition coefficient (Wildman–Crippen LogP) is 3.86. The van der Waals surface area contributed by atoms with Crippen molar-refractivity contribution >= 4 is 17.6 Å². The first-order valence-corrected chi connectivity index (χ1v) is 13.8. The summed E-state index contributed by atoms with van der Waals surface area (Å²) in [6.07, 6.45) is 2.55. The van der Waals surface area contributed by atoms with E-state index in [1.165, 1.54) is 0 Å². The molecule has 2 aliphatic heterocycles. The molecule has 3 aromatic rings. The molecule has 2 aromatic carbocycles. The molecule has 2 amide bonds. The number of benzene rings is 2. The smallest absolute Gasteiger partial charge is 0.254 e. The fraction of sp³-hybridized carbons (Fsp3) is 0.400. The molecule has 1 aromatic heterocycles. The van der Waals surface area contributed by atoms with Gasteiger partial charge in [-0.2, -0.15) is 0 Å². The van der Waals surface area contributed by atoms with Crippen molar-refractivity contribution in [2.75, 3.05) is 58.1 Å². The SMILES string of the molecule is CCCCN(CC(=O)N1CCCN(c2ccc(-c3cccc(OC)c3)nn2)CC1)C(=O)c1ccc2c(c1)OCO2. The lowest BCUT2D eigenvalue weighted by Gasteiger charge is -2.27. The Labute approximate surface area is 234 Å². The summed E-state index contributed by atoms with van der Waals surface area (Å²) in [6.45, 7) is 5.38. The summed E-state index contributed by atoms with van der Waals surface area (Å²) in [6, 6.07) is 16.8. The summed E-state index contributed by atoms with van der Waals surface area (Å²) in [5, 5.41) is 8.90. The monoisotopic (exact) mass is 545 g/mol. The molecule has 0 aliphatic carbocycles. The molecule has 10 heteroatoms. The molecule has 0 radical (unpaired) electrons. The summed E-state index contributed by atoms with van der Waals surface area (Å²) in [5.41, 5.74) is 2.20. The van der Waals surface area contributed by atoms with Gasteiger partial charge in [0.25, 0.3) is 5.91 Å². The number of hydrogen-bond donors (Lipinski definition) is 0. The minimum atomic E-state index is -0.178. The highest BCUT2D eigenvalue weighted by Gasteiger charge is 2.26. The van der Waals surface area contributed by atoms with E-state index < -0.39 is 0 Å². The highest BCUT2D eigenvalue weighted by atomic mass is 16.7. The number of hydrogen-bond acceptors (Lipinski definition) is 8. The maximum atomic E-state index is 13.4. The lowest BCUT2D eigenvalue weighted by Crippen LogP contribution is -2.44. The van der Waals surface area contributed by atoms with Gasteiger partial charge in [-0.05, 0) is 55.3 Å². The van der Waals surface area contributed by atoms with Gasteiger partial charge in [0.05, 0.1) is 12.8 Å². The maximum absolute atomic E-state index is 13.4. The molecule has 5 rings (SSSR count). The van der Waals surface area contributed by atoms with Crippen LogP contribution in [0.25, 0.3) is 11.3 Å². The predicted molar refractivity (Wildman–Crippen MR) is 151 cm³/mol. The molecule has 210 valence electrons. The molecule has 0 atom stereocenters. The van der Waals surface area contributed by atoms with Crippen molar-refractivity contribution in [1.29, 1.82) is 0 Å². The van der Waals surface area contributed by atoms with E-state index in [2.05, 4.69) is 22.0 Å². The molecular weight excluding hydrogens is 510 g/mol. The van der Waals surface area contributed by atoms with Crippen LogP contribution in [0.15, 0.2) is 54.6 Å². The zero-order valence-corrected chi connectivity index (χ0v) is 23.0. The van der Waals surface area contributed by atoms with Crippen LogP contribution >= 0.6 is 0 Å². The summed E-state index contributed by atoms with van der Waals surface area (Å²) in [5.74, 6) is 2.51. The van der Waals surface area contributed by atoms with Crippen LogP contribution in [-0.4, -0.2) is 85.0 Å². The number of unbranched alkanes of at least 4 members (excludes halogenated alkanes) is 1. The Morgan fingerprint density at radius 2 is 1.85 bits per heavy atom. The third-order valence-electron chi connectivity index (χ3n) is 7.20. The zero-order valence-electron chi connectivity index (χ0n) is 23.0. The number of amides is 2. The second-order valence-corrected chi connectivity index (χ2v) is 9.88. The van der Waals surface area contributed by atoms with Crippen molar-refractivity contribution < 1.29 is 23.8 Å². The highest BCUT2D eigenvalue weighted by molar-refractivity contribution is 5.97. The number of fused-ring (bicyclic) bond motifs is 1. The number of carbonyl (C=O) groups is 2. The summed E-state index contributed by atoms with van der Waals surface area (Å²) in [4.78, 5) is 32.4. The minimum absolute atomic E-state index is 0.0440. The summed E-state index contributed by atoms with van der Waals surface area (Å²) in [7, 11) is 1.64. The van der Waals surface area contributed by atoms with Crippen LogP contribution in [0.1, 0.15) is 36.5 Å². The summed E-state index contributed by atoms with van der Waals surface area (Å²) < 4.78 is 16.1. The van der Waals surface area contributed by atoms with Gasteiger partial charge in [0.15, 0.2) is 17.3 Å². The van der Waals surface area contributed by atoms with Gasteiger partial charge in [0.1, 0.15) is 12.3 Å². The van der Waals surface area contributed by atoms with Gasteiger partial charge >= 0.3 is 0 Å². The van der Waals surface area contributed by atoms with E-state index in [9.17, 15) is 9.59 Å². The number of nitrogens with zero attached hydrogens (tertiary/aromatic N) is 5. The van der Waals surface area contributed by atoms with Gasteiger partial charge < -0.3 is 28.9 Å². The van der Waals surface area contributed by atoms with Crippen LogP contribution in [0.4, 0.5) is 5.82 Å². The normalized spacial score (nSPS) is 14.6. The molecule has 40 heavy (non-hydrogen) atoms. The van der Waals surface area contributed by atoms with Crippen LogP contribution in [0.2, 0.25) is 0 Å². The van der Waals surface area contributed by atoms with E-state index in [0.717, 1.165) is 48.6 Å². The van der Waals surface area contributed by atoms with Crippen LogP contribution in [0.3, 0.4) is 0 Å². The number of ether oxygens (including phenoxy) is 3. The van der Waals surface area contributed by atoms with E-state index in [0.29, 0.717) is 43.2 Å². The molecule has 0 spiro atoms. The highest BCUT2D eigenvalue weighted by Crippen LogP contribution is 2.33. The molecule has 0 bridgehead atoms. The van der Waals surface area contributed by atoms with Crippen molar-refractivity contribution in [3.05, 3.63) is 60.2 Å². The molecule has 0 N–H and O–H groups in total. The van der Waals surface area contributed by atoms with Crippen LogP contribution in [-0.2, 0) is 4.79 Å². The number of rotatable bonds is 9. The zero-order chi connectivity index (χ0) is 27.9. The lowest BCUT2D eigenvalue weighted by atomic mass is 10.1. The Bertz CT molecular complexity index is 1330. The maximum Gasteiger partial charge on any atom is 0.254 e. The molecule has 0 saturated carbocycles. The average molecular weight is 546 g/mol. The van der Waals surface area contributed by atoms with Gasteiger partial charge in [-0.1, -0.05) is 25.5 Å². The van der Waals surface area contributed by atoms with Crippen LogP contribution < -0.4 is 19.1 Å². The van der Waals surface area contributed by atoms with E-state index in [-0.39, 0.29) is 25.2 Å². The average Bonchev–Trinajstić information content (AvgIpc) is 3.33. The van der Waals surface area contributed by atoms with Gasteiger partial charge in [0.2, 0.25) is 12.7 Å². The van der Waals surface area contributed by atoms with Crippen molar-refractivity contribution in [3.8, 4) is 28.5 Å². The topological polar surface area (TPSA) is 97.3 Å². The van der Waals surface area contributed by atoms with Crippen molar-refractivity contribution in [1.82, 2.24) is 20.0 Å². The van der Waals surface area contributed by atoms with Gasteiger partial charge in [-0.25, -0.2) is 0 Å². The van der Waals surface area contributed by atoms with Gasteiger partial charge in [-0.15, -0.1) is 10.2 Å². The number of methoxy groups -OCH3 is 1. The van der Waals surface area contributed by atoms with Crippen molar-refractivity contribution in [2.45, 2.75) is 26.2 Å². The number of aromatic nitrogens is 2. The lowest BCUT2D eigenvalue weighted by molar-refractivity contribution is -0.131. The Hall–Kier alpha value is -4.34. The molecule has 1 fully saturated rings. The van der Waals surface area contributed by atoms with E-state index in [1.807, 2.05) is 41.3 Å². The van der Waals surface area contributed by atoms with E-state index >= 15 is 0 Å². The van der Waals surface area contributed by atoms with Crippen LogP contribution in [0.5, 0.6) is 17.2 Å². The molecule has 2 aliphatic rings. The fourth-order valence-corrected chi connectivity index (χ4v) is 4.90. The Kier molecular flexibility index (Phi) is 8.63. The number of anilines is 1. The first kappa shape index (κ1) is 27.2. The van der Waals surface area contributed by atoms with Gasteiger partial charge in [0, 0.05) is 43.9 Å². The second-order valence-electron chi connectivity index (χ2n) is 9.88.